The molecule has 0 aliphatic heterocycles. The van der Waals surface area contributed by atoms with E-state index in [1.807, 2.05) is 0 Å². The van der Waals surface area contributed by atoms with Crippen molar-refractivity contribution in [2.45, 2.75) is 116 Å². The zero-order chi connectivity index (χ0) is 40.7. The van der Waals surface area contributed by atoms with Crippen LogP contribution >= 0.6 is 0 Å². The fourth-order valence-electron chi connectivity index (χ4n) is 6.83. The molecule has 3 amide bonds. The minimum atomic E-state index is -1.25. The second-order valence-electron chi connectivity index (χ2n) is 15.9. The van der Waals surface area contributed by atoms with Gasteiger partial charge in [-0.05, 0) is 76.0 Å². The van der Waals surface area contributed by atoms with Crippen LogP contribution in [0.15, 0.2) is 79.4 Å². The van der Waals surface area contributed by atoms with Gasteiger partial charge in [0.15, 0.2) is 5.78 Å². The van der Waals surface area contributed by atoms with E-state index in [0.717, 1.165) is 38.5 Å². The Hall–Kier alpha value is -5.17. The number of nitrogens with one attached hydrogen (secondary N) is 3. The maximum Gasteiger partial charge on any atom is 0.420 e. The second kappa shape index (κ2) is 21.2. The molecule has 2 aromatic heterocycles. The summed E-state index contributed by atoms with van der Waals surface area (Å²) in [6, 6.07) is 11.6. The minimum absolute atomic E-state index is 0.0214. The van der Waals surface area contributed by atoms with Crippen molar-refractivity contribution in [3.63, 3.8) is 0 Å². The van der Waals surface area contributed by atoms with E-state index in [1.54, 1.807) is 81.6 Å². The zero-order valence-electron chi connectivity index (χ0n) is 33.1. The smallest absolute Gasteiger partial charge is 0.420 e. The van der Waals surface area contributed by atoms with Crippen molar-refractivity contribution in [2.75, 3.05) is 5.32 Å². The lowest BCUT2D eigenvalue weighted by Crippen LogP contribution is -2.54. The van der Waals surface area contributed by atoms with Crippen LogP contribution in [0.25, 0.3) is 0 Å². The number of hydrogen-bond acceptors (Lipinski definition) is 9. The highest BCUT2D eigenvalue weighted by Crippen LogP contribution is 2.30. The van der Waals surface area contributed by atoms with Gasteiger partial charge in [-0.25, -0.2) is 19.3 Å². The molecule has 0 bridgehead atoms. The quantitative estimate of drug-likeness (QED) is 0.0662. The molecule has 1 saturated carbocycles. The van der Waals surface area contributed by atoms with Crippen molar-refractivity contribution < 1.29 is 33.8 Å². The molecule has 301 valence electrons. The predicted molar refractivity (Wildman–Crippen MR) is 213 cm³/mol. The molecule has 0 saturated heterocycles. The summed E-state index contributed by atoms with van der Waals surface area (Å²) < 4.78 is 6.72. The van der Waals surface area contributed by atoms with Gasteiger partial charge >= 0.3 is 6.09 Å². The van der Waals surface area contributed by atoms with Gasteiger partial charge in [-0.15, -0.1) is 0 Å². The Balaban J connectivity index is 1.53. The number of hydrogen-bond donors (Lipinski definition) is 4. The van der Waals surface area contributed by atoms with Crippen molar-refractivity contribution in [3.05, 3.63) is 97.1 Å². The highest BCUT2D eigenvalue weighted by atomic mass is 16.6. The average Bonchev–Trinajstić information content (AvgIpc) is 3.62. The molecule has 1 aliphatic rings. The van der Waals surface area contributed by atoms with E-state index in [4.69, 9.17) is 4.74 Å². The van der Waals surface area contributed by atoms with Gasteiger partial charge in [0.05, 0.1) is 17.8 Å². The van der Waals surface area contributed by atoms with Crippen LogP contribution in [-0.2, 0) is 25.5 Å². The van der Waals surface area contributed by atoms with E-state index >= 15 is 0 Å². The van der Waals surface area contributed by atoms with Crippen molar-refractivity contribution >= 4 is 35.4 Å². The van der Waals surface area contributed by atoms with Crippen LogP contribution in [0, 0.1) is 24.2 Å². The number of aliphatic hydroxyl groups excluding tert-OH is 1. The van der Waals surface area contributed by atoms with Crippen molar-refractivity contribution in [2.24, 2.45) is 17.8 Å². The number of carbonyl (C=O) groups is 5. The van der Waals surface area contributed by atoms with Crippen molar-refractivity contribution in [3.8, 4) is 0 Å². The number of imidazole rings is 1. The van der Waals surface area contributed by atoms with Gasteiger partial charge in [0.1, 0.15) is 30.2 Å². The number of rotatable bonds is 18. The molecule has 1 fully saturated rings. The van der Waals surface area contributed by atoms with Gasteiger partial charge in [0.2, 0.25) is 17.7 Å². The van der Waals surface area contributed by atoms with Crippen molar-refractivity contribution in [1.82, 2.24) is 25.2 Å². The number of pyridine rings is 1. The molecule has 0 spiro atoms. The fraction of sp³-hybridized carbons (Fsp3) is 0.488. The lowest BCUT2D eigenvalue weighted by Gasteiger charge is -2.33. The molecule has 4 atom stereocenters. The minimum Gasteiger partial charge on any atom is -0.443 e. The SMILES string of the molecule is CC(C)[C@@H](C/C=C/C(=O)Nc1ccccn1)C[C@H](O)[C@H](CC1CCCCC1)NC(=O)[C@H](Cc1cncn1C(=O)OC(C)(C)C)NC(=O)[CH]C(=O)c1ccccc1. The van der Waals surface area contributed by atoms with E-state index in [0.29, 0.717) is 36.3 Å². The number of aromatic nitrogens is 3. The summed E-state index contributed by atoms with van der Waals surface area (Å²) in [4.78, 5) is 74.3. The molecule has 4 rings (SSSR count). The Labute approximate surface area is 330 Å². The first-order valence-corrected chi connectivity index (χ1v) is 19.5. The molecule has 4 N–H and O–H groups in total. The lowest BCUT2D eigenvalue weighted by atomic mass is 9.80. The number of anilines is 1. The first-order chi connectivity index (χ1) is 26.7. The molecule has 1 radical (unpaired) electrons. The second-order valence-corrected chi connectivity index (χ2v) is 15.9. The van der Waals surface area contributed by atoms with E-state index in [-0.39, 0.29) is 30.1 Å². The number of nitrogens with zero attached hydrogens (tertiary/aromatic N) is 3. The van der Waals surface area contributed by atoms with Crippen LogP contribution in [0.3, 0.4) is 0 Å². The normalized spacial score (nSPS) is 15.8. The summed E-state index contributed by atoms with van der Waals surface area (Å²) in [6.07, 6.45) is 13.3. The third-order valence-corrected chi connectivity index (χ3v) is 9.89. The van der Waals surface area contributed by atoms with E-state index in [9.17, 15) is 29.1 Å². The predicted octanol–water partition coefficient (Wildman–Crippen LogP) is 6.24. The van der Waals surface area contributed by atoms with Crippen LogP contribution in [0.2, 0.25) is 0 Å². The molecule has 2 heterocycles. The number of allylic oxidation sites excluding steroid dienone is 1. The van der Waals surface area contributed by atoms with Crippen LogP contribution < -0.4 is 16.0 Å². The van der Waals surface area contributed by atoms with Gasteiger partial charge in [-0.1, -0.05) is 88.4 Å². The third kappa shape index (κ3) is 14.5. The number of benzene rings is 1. The maximum atomic E-state index is 14.3. The van der Waals surface area contributed by atoms with Crippen LogP contribution in [0.1, 0.15) is 102 Å². The molecule has 3 aromatic rings. The van der Waals surface area contributed by atoms with Gasteiger partial charge in [-0.2, -0.15) is 0 Å². The van der Waals surface area contributed by atoms with Gasteiger partial charge < -0.3 is 25.8 Å². The number of amides is 3. The van der Waals surface area contributed by atoms with Crippen LogP contribution in [0.5, 0.6) is 0 Å². The first kappa shape index (κ1) is 43.6. The summed E-state index contributed by atoms with van der Waals surface area (Å²) in [7, 11) is 0. The Morgan fingerprint density at radius 3 is 2.34 bits per heavy atom. The Kier molecular flexibility index (Phi) is 16.5. The lowest BCUT2D eigenvalue weighted by molar-refractivity contribution is -0.128. The molecule has 1 aliphatic carbocycles. The zero-order valence-corrected chi connectivity index (χ0v) is 33.1. The van der Waals surface area contributed by atoms with Crippen LogP contribution in [-0.4, -0.2) is 73.0 Å². The summed E-state index contributed by atoms with van der Waals surface area (Å²) in [5.74, 6) is -1.34. The summed E-state index contributed by atoms with van der Waals surface area (Å²) in [5.41, 5.74) is -0.183. The Morgan fingerprint density at radius 1 is 0.964 bits per heavy atom. The fourth-order valence-corrected chi connectivity index (χ4v) is 6.83. The summed E-state index contributed by atoms with van der Waals surface area (Å²) >= 11 is 0. The van der Waals surface area contributed by atoms with Crippen LogP contribution in [0.4, 0.5) is 10.6 Å². The number of carbonyl (C=O) groups excluding carboxylic acids is 5. The monoisotopic (exact) mass is 769 g/mol. The molecular weight excluding hydrogens is 713 g/mol. The Morgan fingerprint density at radius 2 is 1.68 bits per heavy atom. The number of ether oxygens (including phenoxy) is 1. The number of ketones is 1. The topological polar surface area (TPSA) is 182 Å². The van der Waals surface area contributed by atoms with E-state index < -0.39 is 47.5 Å². The average molecular weight is 770 g/mol. The molecule has 13 heteroatoms. The van der Waals surface area contributed by atoms with E-state index in [1.165, 1.54) is 23.2 Å². The number of Topliss-reactive ketones (excluding diaryl/α,β-unsaturated/α-hetero) is 1. The molecule has 56 heavy (non-hydrogen) atoms. The highest BCUT2D eigenvalue weighted by molar-refractivity contribution is 6.17. The van der Waals surface area contributed by atoms with E-state index in [2.05, 4.69) is 39.8 Å². The first-order valence-electron chi connectivity index (χ1n) is 19.5. The number of aliphatic hydroxyl groups is 1. The standard InChI is InChI=1S/C43H57N6O7/c1-29(2)32(19-14-21-39(52)48-38-20-12-13-22-45-38)24-37(51)34(23-30-15-8-6-9-16-30)47-41(54)35(46-40(53)26-36(50)31-17-10-7-11-18-31)25-33-27-44-28-49(33)42(55)56-43(3,4)5/h7,10-14,17-18,20-22,26-30,32,34-35,37,51H,6,8-9,15-16,19,23-25H2,1-5H3,(H,46,53)(H,47,54)(H,45,48,52)/b21-14+/t32-,34-,35-,37-/m0/s1. The third-order valence-electron chi connectivity index (χ3n) is 9.89. The maximum absolute atomic E-state index is 14.3. The van der Waals surface area contributed by atoms with Gasteiger partial charge in [-0.3, -0.25) is 19.2 Å². The largest absolute Gasteiger partial charge is 0.443 e. The van der Waals surface area contributed by atoms with Crippen molar-refractivity contribution in [1.29, 1.82) is 0 Å². The Bertz CT molecular complexity index is 1760. The molecule has 0 unspecified atom stereocenters. The van der Waals surface area contributed by atoms with Gasteiger partial charge in [0.25, 0.3) is 0 Å². The molecule has 13 nitrogen and oxygen atoms in total. The van der Waals surface area contributed by atoms with Gasteiger partial charge in [0, 0.05) is 24.4 Å². The molecular formula is C43H57N6O7. The summed E-state index contributed by atoms with van der Waals surface area (Å²) in [6.45, 7) is 9.31. The highest BCUT2D eigenvalue weighted by Gasteiger charge is 2.33. The molecule has 1 aromatic carbocycles. The summed E-state index contributed by atoms with van der Waals surface area (Å²) in [5, 5.41) is 20.3.